The van der Waals surface area contributed by atoms with Gasteiger partial charge in [-0.05, 0) is 25.8 Å². The molecule has 0 amide bonds. The molecule has 0 aliphatic carbocycles. The molecular formula is C10H21N. The highest BCUT2D eigenvalue weighted by Crippen LogP contribution is 2.13. The first-order chi connectivity index (χ1) is 5.43. The van der Waals surface area contributed by atoms with E-state index in [4.69, 9.17) is 0 Å². The van der Waals surface area contributed by atoms with Gasteiger partial charge in [0.2, 0.25) is 0 Å². The van der Waals surface area contributed by atoms with Crippen molar-refractivity contribution in [3.05, 3.63) is 0 Å². The lowest BCUT2D eigenvalue weighted by Gasteiger charge is -2.08. The lowest BCUT2D eigenvalue weighted by atomic mass is 10.1. The predicted molar refractivity (Wildman–Crippen MR) is 49.8 cm³/mol. The minimum absolute atomic E-state index is 0.867. The van der Waals surface area contributed by atoms with Gasteiger partial charge in [0.05, 0.1) is 0 Å². The van der Waals surface area contributed by atoms with E-state index in [1.807, 2.05) is 0 Å². The molecule has 0 saturated carbocycles. The third kappa shape index (κ3) is 3.76. The predicted octanol–water partition coefficient (Wildman–Crippen LogP) is 2.71. The van der Waals surface area contributed by atoms with Gasteiger partial charge in [0.1, 0.15) is 0 Å². The maximum Gasteiger partial charge on any atom is 0.00675 e. The molecule has 0 spiro atoms. The highest BCUT2D eigenvalue weighted by molar-refractivity contribution is 4.73. The van der Waals surface area contributed by atoms with Crippen LogP contribution in [0.5, 0.6) is 0 Å². The van der Waals surface area contributed by atoms with E-state index in [-0.39, 0.29) is 0 Å². The normalized spacial score (nSPS) is 24.3. The Balaban J connectivity index is 1.86. The molecule has 11 heavy (non-hydrogen) atoms. The van der Waals surface area contributed by atoms with Crippen molar-refractivity contribution in [2.24, 2.45) is 0 Å². The number of hydrogen-bond donors (Lipinski definition) is 1. The maximum atomic E-state index is 3.53. The molecule has 0 bridgehead atoms. The molecule has 0 aromatic heterocycles. The topological polar surface area (TPSA) is 12.0 Å². The third-order valence-corrected chi connectivity index (χ3v) is 2.57. The first-order valence-corrected chi connectivity index (χ1v) is 5.17. The van der Waals surface area contributed by atoms with E-state index in [1.54, 1.807) is 0 Å². The number of hydrogen-bond acceptors (Lipinski definition) is 1. The summed E-state index contributed by atoms with van der Waals surface area (Å²) in [7, 11) is 0. The molecule has 1 heterocycles. The summed E-state index contributed by atoms with van der Waals surface area (Å²) in [6.45, 7) is 3.53. The van der Waals surface area contributed by atoms with Crippen LogP contribution in [-0.2, 0) is 0 Å². The first-order valence-electron chi connectivity index (χ1n) is 5.17. The molecule has 1 saturated heterocycles. The molecule has 1 heteroatoms. The van der Waals surface area contributed by atoms with E-state index in [2.05, 4.69) is 12.2 Å². The molecule has 1 aliphatic heterocycles. The fourth-order valence-electron chi connectivity index (χ4n) is 1.82. The van der Waals surface area contributed by atoms with E-state index in [1.165, 1.54) is 51.5 Å². The lowest BCUT2D eigenvalue weighted by Crippen LogP contribution is -2.20. The van der Waals surface area contributed by atoms with Gasteiger partial charge >= 0.3 is 0 Å². The van der Waals surface area contributed by atoms with Gasteiger partial charge in [0, 0.05) is 6.04 Å². The summed E-state index contributed by atoms with van der Waals surface area (Å²) in [5, 5.41) is 3.53. The third-order valence-electron chi connectivity index (χ3n) is 2.57. The summed E-state index contributed by atoms with van der Waals surface area (Å²) in [5.41, 5.74) is 0. The Labute approximate surface area is 70.6 Å². The van der Waals surface area contributed by atoms with Crippen LogP contribution in [-0.4, -0.2) is 12.6 Å². The monoisotopic (exact) mass is 155 g/mol. The van der Waals surface area contributed by atoms with Crippen LogP contribution in [0.2, 0.25) is 0 Å². The average Bonchev–Trinajstić information content (AvgIpc) is 2.50. The van der Waals surface area contributed by atoms with Crippen LogP contribution >= 0.6 is 0 Å². The van der Waals surface area contributed by atoms with Crippen molar-refractivity contribution in [2.45, 2.75) is 57.9 Å². The van der Waals surface area contributed by atoms with E-state index >= 15 is 0 Å². The van der Waals surface area contributed by atoms with Gasteiger partial charge in [-0.15, -0.1) is 0 Å². The molecule has 1 nitrogen and oxygen atoms in total. The number of unbranched alkanes of at least 4 members (excludes halogenated alkanes) is 3. The van der Waals surface area contributed by atoms with Gasteiger partial charge < -0.3 is 5.32 Å². The van der Waals surface area contributed by atoms with Crippen LogP contribution in [0.25, 0.3) is 0 Å². The molecule has 1 fully saturated rings. The van der Waals surface area contributed by atoms with Crippen molar-refractivity contribution in [3.63, 3.8) is 0 Å². The Morgan fingerprint density at radius 3 is 2.82 bits per heavy atom. The molecule has 0 aromatic carbocycles. The van der Waals surface area contributed by atoms with Gasteiger partial charge in [-0.25, -0.2) is 0 Å². The van der Waals surface area contributed by atoms with Gasteiger partial charge in [0.25, 0.3) is 0 Å². The van der Waals surface area contributed by atoms with E-state index in [0.29, 0.717) is 0 Å². The summed E-state index contributed by atoms with van der Waals surface area (Å²) in [6, 6.07) is 0.867. The fraction of sp³-hybridized carbons (Fsp3) is 1.00. The zero-order chi connectivity index (χ0) is 7.94. The first kappa shape index (κ1) is 9.05. The summed E-state index contributed by atoms with van der Waals surface area (Å²) >= 11 is 0. The van der Waals surface area contributed by atoms with Crippen LogP contribution in [0.1, 0.15) is 51.9 Å². The average molecular weight is 155 g/mol. The van der Waals surface area contributed by atoms with Crippen molar-refractivity contribution in [1.82, 2.24) is 5.32 Å². The highest BCUT2D eigenvalue weighted by atomic mass is 14.9. The number of rotatable bonds is 5. The van der Waals surface area contributed by atoms with Gasteiger partial charge in [-0.3, -0.25) is 0 Å². The van der Waals surface area contributed by atoms with Crippen molar-refractivity contribution in [3.8, 4) is 0 Å². The molecule has 1 atom stereocenters. The van der Waals surface area contributed by atoms with Crippen molar-refractivity contribution in [2.75, 3.05) is 6.54 Å². The van der Waals surface area contributed by atoms with Crippen molar-refractivity contribution in [1.29, 1.82) is 0 Å². The van der Waals surface area contributed by atoms with Gasteiger partial charge in [-0.1, -0.05) is 32.6 Å². The summed E-state index contributed by atoms with van der Waals surface area (Å²) in [6.07, 6.45) is 9.90. The van der Waals surface area contributed by atoms with Crippen LogP contribution in [0, 0.1) is 0 Å². The van der Waals surface area contributed by atoms with E-state index in [0.717, 1.165) is 6.04 Å². The second-order valence-corrected chi connectivity index (χ2v) is 3.64. The molecule has 66 valence electrons. The largest absolute Gasteiger partial charge is 0.314 e. The van der Waals surface area contributed by atoms with E-state index in [9.17, 15) is 0 Å². The Morgan fingerprint density at radius 2 is 2.18 bits per heavy atom. The molecule has 0 aromatic rings. The molecule has 0 unspecified atom stereocenters. The van der Waals surface area contributed by atoms with Crippen LogP contribution in [0.4, 0.5) is 0 Å². The summed E-state index contributed by atoms with van der Waals surface area (Å²) in [5.74, 6) is 0. The Morgan fingerprint density at radius 1 is 1.27 bits per heavy atom. The second kappa shape index (κ2) is 5.59. The minimum Gasteiger partial charge on any atom is -0.314 e. The Kier molecular flexibility index (Phi) is 4.60. The summed E-state index contributed by atoms with van der Waals surface area (Å²) < 4.78 is 0. The number of nitrogens with one attached hydrogen (secondary N) is 1. The van der Waals surface area contributed by atoms with Gasteiger partial charge in [0.15, 0.2) is 0 Å². The smallest absolute Gasteiger partial charge is 0.00675 e. The SMILES string of the molecule is CCCCCC[C@H]1CCCN1. The zero-order valence-corrected chi connectivity index (χ0v) is 7.73. The molecule has 0 radical (unpaired) electrons. The standard InChI is InChI=1S/C10H21N/c1-2-3-4-5-7-10-8-6-9-11-10/h10-11H,2-9H2,1H3/t10-/m0/s1. The fourth-order valence-corrected chi connectivity index (χ4v) is 1.82. The quantitative estimate of drug-likeness (QED) is 0.602. The molecular weight excluding hydrogens is 134 g/mol. The van der Waals surface area contributed by atoms with Crippen molar-refractivity contribution >= 4 is 0 Å². The molecule has 1 rings (SSSR count). The van der Waals surface area contributed by atoms with Crippen LogP contribution < -0.4 is 5.32 Å². The summed E-state index contributed by atoms with van der Waals surface area (Å²) in [4.78, 5) is 0. The van der Waals surface area contributed by atoms with Gasteiger partial charge in [-0.2, -0.15) is 0 Å². The van der Waals surface area contributed by atoms with Crippen molar-refractivity contribution < 1.29 is 0 Å². The highest BCUT2D eigenvalue weighted by Gasteiger charge is 2.12. The zero-order valence-electron chi connectivity index (χ0n) is 7.73. The van der Waals surface area contributed by atoms with E-state index < -0.39 is 0 Å². The van der Waals surface area contributed by atoms with Crippen LogP contribution in [0.15, 0.2) is 0 Å². The molecule has 1 aliphatic rings. The lowest BCUT2D eigenvalue weighted by molar-refractivity contribution is 0.513. The second-order valence-electron chi connectivity index (χ2n) is 3.64. The maximum absolute atomic E-state index is 3.53. The Bertz CT molecular complexity index is 84.9. The Hall–Kier alpha value is -0.0400. The molecule has 1 N–H and O–H groups in total. The minimum atomic E-state index is 0.867. The van der Waals surface area contributed by atoms with Crippen LogP contribution in [0.3, 0.4) is 0 Å².